The normalized spacial score (nSPS) is 12.5. The fourth-order valence-electron chi connectivity index (χ4n) is 3.23. The second-order valence-corrected chi connectivity index (χ2v) is 6.93. The summed E-state index contributed by atoms with van der Waals surface area (Å²) in [5, 5.41) is 0. The molecular formula is C23H33N. The van der Waals surface area contributed by atoms with Gasteiger partial charge in [0.15, 0.2) is 0 Å². The lowest BCUT2D eigenvalue weighted by Gasteiger charge is -2.29. The Labute approximate surface area is 148 Å². The Morgan fingerprint density at radius 1 is 0.708 bits per heavy atom. The van der Waals surface area contributed by atoms with Crippen LogP contribution in [0, 0.1) is 0 Å². The fourth-order valence-corrected chi connectivity index (χ4v) is 3.23. The van der Waals surface area contributed by atoms with Crippen molar-refractivity contribution in [2.24, 2.45) is 0 Å². The predicted octanol–water partition coefficient (Wildman–Crippen LogP) is 6.44. The first-order valence-corrected chi connectivity index (χ1v) is 9.61. The summed E-state index contributed by atoms with van der Waals surface area (Å²) in [6.45, 7) is 6.74. The third-order valence-electron chi connectivity index (χ3n) is 4.81. The minimum Gasteiger partial charge on any atom is -0.292 e. The molecule has 0 N–H and O–H groups in total. The van der Waals surface area contributed by atoms with Gasteiger partial charge in [-0.2, -0.15) is 0 Å². The van der Waals surface area contributed by atoms with Crippen molar-refractivity contribution in [2.45, 2.75) is 71.5 Å². The van der Waals surface area contributed by atoms with Crippen LogP contribution in [-0.4, -0.2) is 10.9 Å². The summed E-state index contributed by atoms with van der Waals surface area (Å²) in [6.07, 6.45) is 8.11. The van der Waals surface area contributed by atoms with E-state index in [0.29, 0.717) is 6.04 Å². The highest BCUT2D eigenvalue weighted by molar-refractivity contribution is 5.17. The van der Waals surface area contributed by atoms with Crippen LogP contribution < -0.4 is 0 Å². The zero-order valence-electron chi connectivity index (χ0n) is 15.5. The maximum Gasteiger partial charge on any atom is 0.0240 e. The van der Waals surface area contributed by atoms with Gasteiger partial charge in [0.05, 0.1) is 0 Å². The van der Waals surface area contributed by atoms with E-state index < -0.39 is 0 Å². The van der Waals surface area contributed by atoms with Gasteiger partial charge >= 0.3 is 0 Å². The maximum absolute atomic E-state index is 2.63. The van der Waals surface area contributed by atoms with E-state index in [1.54, 1.807) is 0 Å². The molecule has 1 unspecified atom stereocenters. The third-order valence-corrected chi connectivity index (χ3v) is 4.81. The Kier molecular flexibility index (Phi) is 8.62. The van der Waals surface area contributed by atoms with Crippen molar-refractivity contribution in [1.82, 2.24) is 4.90 Å². The van der Waals surface area contributed by atoms with E-state index in [0.717, 1.165) is 13.1 Å². The minimum absolute atomic E-state index is 0.618. The van der Waals surface area contributed by atoms with Gasteiger partial charge in [0.2, 0.25) is 0 Å². The average molecular weight is 324 g/mol. The number of rotatable bonds is 11. The summed E-state index contributed by atoms with van der Waals surface area (Å²) < 4.78 is 0. The molecule has 1 atom stereocenters. The number of hydrogen-bond acceptors (Lipinski definition) is 1. The first-order valence-electron chi connectivity index (χ1n) is 9.61. The van der Waals surface area contributed by atoms with E-state index in [-0.39, 0.29) is 0 Å². The number of nitrogens with zero attached hydrogens (tertiary/aromatic N) is 1. The molecule has 0 heterocycles. The quantitative estimate of drug-likeness (QED) is 0.430. The summed E-state index contributed by atoms with van der Waals surface area (Å²) in [5.74, 6) is 0. The molecule has 0 amide bonds. The second-order valence-electron chi connectivity index (χ2n) is 6.93. The van der Waals surface area contributed by atoms with Crippen molar-refractivity contribution >= 4 is 0 Å². The molecule has 130 valence electrons. The van der Waals surface area contributed by atoms with Crippen LogP contribution in [0.4, 0.5) is 0 Å². The van der Waals surface area contributed by atoms with Crippen molar-refractivity contribution in [2.75, 3.05) is 0 Å². The number of hydrogen-bond donors (Lipinski definition) is 0. The Morgan fingerprint density at radius 3 is 1.71 bits per heavy atom. The molecule has 0 aliphatic rings. The fraction of sp³-hybridized carbons (Fsp3) is 0.478. The predicted molar refractivity (Wildman–Crippen MR) is 105 cm³/mol. The van der Waals surface area contributed by atoms with Gasteiger partial charge in [0.25, 0.3) is 0 Å². The molecule has 0 aromatic heterocycles. The van der Waals surface area contributed by atoms with Crippen LogP contribution in [0.5, 0.6) is 0 Å². The van der Waals surface area contributed by atoms with Crippen LogP contribution in [0.3, 0.4) is 0 Å². The third kappa shape index (κ3) is 6.88. The number of unbranched alkanes of at least 4 members (excludes halogenated alkanes) is 4. The van der Waals surface area contributed by atoms with Crippen LogP contribution in [0.15, 0.2) is 60.7 Å². The summed E-state index contributed by atoms with van der Waals surface area (Å²) in [7, 11) is 0. The lowest BCUT2D eigenvalue weighted by Crippen LogP contribution is -2.32. The molecule has 1 heteroatoms. The molecular weight excluding hydrogens is 290 g/mol. The van der Waals surface area contributed by atoms with E-state index in [9.17, 15) is 0 Å². The smallest absolute Gasteiger partial charge is 0.0240 e. The van der Waals surface area contributed by atoms with Crippen LogP contribution in [0.2, 0.25) is 0 Å². The van der Waals surface area contributed by atoms with Crippen molar-refractivity contribution < 1.29 is 0 Å². The summed E-state index contributed by atoms with van der Waals surface area (Å²) in [5.41, 5.74) is 2.82. The van der Waals surface area contributed by atoms with Crippen molar-refractivity contribution in [3.05, 3.63) is 71.8 Å². The highest BCUT2D eigenvalue weighted by atomic mass is 15.1. The molecule has 0 aliphatic carbocycles. The van der Waals surface area contributed by atoms with E-state index in [1.165, 1.54) is 49.7 Å². The topological polar surface area (TPSA) is 3.24 Å². The van der Waals surface area contributed by atoms with Crippen molar-refractivity contribution in [3.8, 4) is 0 Å². The summed E-state index contributed by atoms with van der Waals surface area (Å²) >= 11 is 0. The van der Waals surface area contributed by atoms with Gasteiger partial charge in [-0.25, -0.2) is 0 Å². The highest BCUT2D eigenvalue weighted by Crippen LogP contribution is 2.17. The van der Waals surface area contributed by atoms with E-state index in [1.807, 2.05) is 0 Å². The van der Waals surface area contributed by atoms with Gasteiger partial charge < -0.3 is 0 Å². The molecule has 0 radical (unpaired) electrons. The second kappa shape index (κ2) is 11.0. The monoisotopic (exact) mass is 323 g/mol. The Hall–Kier alpha value is -1.60. The molecule has 0 spiro atoms. The number of benzene rings is 2. The molecule has 1 nitrogen and oxygen atoms in total. The van der Waals surface area contributed by atoms with Gasteiger partial charge in [0.1, 0.15) is 0 Å². The zero-order valence-corrected chi connectivity index (χ0v) is 15.5. The summed E-state index contributed by atoms with van der Waals surface area (Å²) in [4.78, 5) is 2.63. The maximum atomic E-state index is 2.63. The first-order chi connectivity index (χ1) is 11.8. The molecule has 0 saturated carbocycles. The SMILES string of the molecule is CCCCCCCC(C)N(Cc1ccccc1)Cc1ccccc1. The van der Waals surface area contributed by atoms with Crippen LogP contribution in [0.1, 0.15) is 63.5 Å². The van der Waals surface area contributed by atoms with Crippen LogP contribution >= 0.6 is 0 Å². The van der Waals surface area contributed by atoms with Gasteiger partial charge in [-0.3, -0.25) is 4.90 Å². The average Bonchev–Trinajstić information content (AvgIpc) is 2.62. The Morgan fingerprint density at radius 2 is 1.21 bits per heavy atom. The molecule has 0 bridgehead atoms. The van der Waals surface area contributed by atoms with Crippen molar-refractivity contribution in [3.63, 3.8) is 0 Å². The summed E-state index contributed by atoms with van der Waals surface area (Å²) in [6, 6.07) is 22.4. The zero-order chi connectivity index (χ0) is 17.0. The van der Waals surface area contributed by atoms with Gasteiger partial charge in [-0.1, -0.05) is 99.7 Å². The standard InChI is InChI=1S/C23H33N/c1-3-4-5-6-9-14-21(2)24(19-22-15-10-7-11-16-22)20-23-17-12-8-13-18-23/h7-8,10-13,15-18,21H,3-6,9,14,19-20H2,1-2H3. The van der Waals surface area contributed by atoms with Gasteiger partial charge in [-0.05, 0) is 24.5 Å². The van der Waals surface area contributed by atoms with E-state index in [2.05, 4.69) is 79.4 Å². The minimum atomic E-state index is 0.618. The molecule has 2 aromatic carbocycles. The van der Waals surface area contributed by atoms with Gasteiger partial charge in [0, 0.05) is 19.1 Å². The lowest BCUT2D eigenvalue weighted by atomic mass is 10.0. The Bertz CT molecular complexity index is 493. The van der Waals surface area contributed by atoms with Crippen LogP contribution in [0.25, 0.3) is 0 Å². The van der Waals surface area contributed by atoms with E-state index in [4.69, 9.17) is 0 Å². The Balaban J connectivity index is 1.93. The van der Waals surface area contributed by atoms with E-state index >= 15 is 0 Å². The lowest BCUT2D eigenvalue weighted by molar-refractivity contribution is 0.178. The molecule has 2 aromatic rings. The van der Waals surface area contributed by atoms with Gasteiger partial charge in [-0.15, -0.1) is 0 Å². The molecule has 24 heavy (non-hydrogen) atoms. The molecule has 0 fully saturated rings. The largest absolute Gasteiger partial charge is 0.292 e. The van der Waals surface area contributed by atoms with Crippen LogP contribution in [-0.2, 0) is 13.1 Å². The van der Waals surface area contributed by atoms with Crippen molar-refractivity contribution in [1.29, 1.82) is 0 Å². The highest BCUT2D eigenvalue weighted by Gasteiger charge is 2.14. The molecule has 0 aliphatic heterocycles. The molecule has 2 rings (SSSR count). The molecule has 0 saturated heterocycles. The first kappa shape index (κ1) is 18.7.